The maximum atomic E-state index is 12.2. The molecule has 90 valence electrons. The predicted molar refractivity (Wildman–Crippen MR) is 53.3 cm³/mol. The van der Waals surface area contributed by atoms with Gasteiger partial charge < -0.3 is 4.52 Å². The zero-order valence-electron chi connectivity index (χ0n) is 8.95. The fraction of sp³-hybridized carbons (Fsp3) is 0.273. The third kappa shape index (κ3) is 2.83. The Balaban J connectivity index is 2.14. The van der Waals surface area contributed by atoms with Crippen LogP contribution in [0.4, 0.5) is 13.2 Å². The van der Waals surface area contributed by atoms with Gasteiger partial charge >= 0.3 is 12.1 Å². The molecule has 0 saturated heterocycles. The van der Waals surface area contributed by atoms with Crippen LogP contribution in [0.5, 0.6) is 0 Å². The van der Waals surface area contributed by atoms with Crippen molar-refractivity contribution in [2.75, 3.05) is 0 Å². The number of rotatable bonds is 2. The molecule has 0 aliphatic rings. The van der Waals surface area contributed by atoms with Crippen molar-refractivity contribution < 1.29 is 17.7 Å². The van der Waals surface area contributed by atoms with Gasteiger partial charge in [0.2, 0.25) is 0 Å². The monoisotopic (exact) mass is 242 g/mol. The summed E-state index contributed by atoms with van der Waals surface area (Å²) in [6.07, 6.45) is -4.36. The number of halogens is 3. The number of benzene rings is 1. The number of nitrogens with zero attached hydrogens (tertiary/aromatic N) is 2. The summed E-state index contributed by atoms with van der Waals surface area (Å²) in [6, 6.07) is 7.39. The highest BCUT2D eigenvalue weighted by molar-refractivity contribution is 5.23. The lowest BCUT2D eigenvalue weighted by atomic mass is 10.1. The van der Waals surface area contributed by atoms with E-state index in [0.29, 0.717) is 0 Å². The molecule has 0 aliphatic heterocycles. The smallest absolute Gasteiger partial charge is 0.329 e. The fourth-order valence-corrected chi connectivity index (χ4v) is 1.33. The molecular weight excluding hydrogens is 233 g/mol. The van der Waals surface area contributed by atoms with Gasteiger partial charge in [0, 0.05) is 6.42 Å². The third-order valence-electron chi connectivity index (χ3n) is 2.19. The van der Waals surface area contributed by atoms with Crippen LogP contribution in [0.2, 0.25) is 0 Å². The van der Waals surface area contributed by atoms with Crippen LogP contribution < -0.4 is 0 Å². The second-order valence-corrected chi connectivity index (χ2v) is 3.68. The van der Waals surface area contributed by atoms with Crippen molar-refractivity contribution in [3.05, 3.63) is 47.1 Å². The lowest BCUT2D eigenvalue weighted by Gasteiger charge is -1.97. The summed E-state index contributed by atoms with van der Waals surface area (Å²) >= 11 is 0. The minimum absolute atomic E-state index is 0.0289. The van der Waals surface area contributed by atoms with E-state index in [1.165, 1.54) is 0 Å². The molecule has 2 rings (SSSR count). The number of aromatic nitrogens is 2. The van der Waals surface area contributed by atoms with Gasteiger partial charge in [-0.15, -0.1) is 0 Å². The molecule has 0 amide bonds. The maximum absolute atomic E-state index is 12.2. The summed E-state index contributed by atoms with van der Waals surface area (Å²) in [5.74, 6) is -1.28. The van der Waals surface area contributed by atoms with Gasteiger partial charge in [0.1, 0.15) is 0 Å². The third-order valence-corrected chi connectivity index (χ3v) is 2.19. The van der Waals surface area contributed by atoms with Gasteiger partial charge in [0.15, 0.2) is 5.82 Å². The summed E-state index contributed by atoms with van der Waals surface area (Å²) in [6.45, 7) is 1.93. The largest absolute Gasteiger partial charge is 0.471 e. The Labute approximate surface area is 95.3 Å². The lowest BCUT2D eigenvalue weighted by Crippen LogP contribution is -2.05. The molecule has 1 aromatic carbocycles. The molecule has 2 aromatic rings. The van der Waals surface area contributed by atoms with Crippen molar-refractivity contribution in [2.24, 2.45) is 0 Å². The van der Waals surface area contributed by atoms with Gasteiger partial charge in [0.05, 0.1) is 0 Å². The van der Waals surface area contributed by atoms with Gasteiger partial charge in [-0.25, -0.2) is 0 Å². The van der Waals surface area contributed by atoms with E-state index in [2.05, 4.69) is 14.7 Å². The molecule has 0 saturated carbocycles. The quantitative estimate of drug-likeness (QED) is 0.812. The van der Waals surface area contributed by atoms with Gasteiger partial charge in [-0.2, -0.15) is 18.2 Å². The van der Waals surface area contributed by atoms with E-state index in [0.717, 1.165) is 11.1 Å². The summed E-state index contributed by atoms with van der Waals surface area (Å²) < 4.78 is 40.7. The van der Waals surface area contributed by atoms with Crippen molar-refractivity contribution in [1.82, 2.24) is 10.1 Å². The van der Waals surface area contributed by atoms with Crippen molar-refractivity contribution >= 4 is 0 Å². The molecule has 17 heavy (non-hydrogen) atoms. The standard InChI is InChI=1S/C11H9F3N2O/c1-7-2-4-8(5-3-7)6-9-15-10(17-16-9)11(12,13)14/h2-5H,6H2,1H3. The first-order valence-electron chi connectivity index (χ1n) is 4.90. The second kappa shape index (κ2) is 4.20. The number of alkyl halides is 3. The Kier molecular flexibility index (Phi) is 2.87. The second-order valence-electron chi connectivity index (χ2n) is 3.68. The molecule has 0 spiro atoms. The molecule has 0 bridgehead atoms. The van der Waals surface area contributed by atoms with Crippen molar-refractivity contribution in [3.63, 3.8) is 0 Å². The van der Waals surface area contributed by atoms with Gasteiger partial charge in [-0.05, 0) is 12.5 Å². The normalized spacial score (nSPS) is 11.8. The highest BCUT2D eigenvalue weighted by atomic mass is 19.4. The summed E-state index contributed by atoms with van der Waals surface area (Å²) in [4.78, 5) is 3.30. The molecule has 6 heteroatoms. The highest BCUT2D eigenvalue weighted by Crippen LogP contribution is 2.27. The highest BCUT2D eigenvalue weighted by Gasteiger charge is 2.38. The molecule has 3 nitrogen and oxygen atoms in total. The average Bonchev–Trinajstić information content (AvgIpc) is 2.69. The van der Waals surface area contributed by atoms with Crippen LogP contribution in [0.25, 0.3) is 0 Å². The van der Waals surface area contributed by atoms with Crippen molar-refractivity contribution in [1.29, 1.82) is 0 Å². The van der Waals surface area contributed by atoms with Crippen LogP contribution >= 0.6 is 0 Å². The van der Waals surface area contributed by atoms with E-state index >= 15 is 0 Å². The van der Waals surface area contributed by atoms with Crippen LogP contribution in [-0.4, -0.2) is 10.1 Å². The van der Waals surface area contributed by atoms with E-state index in [4.69, 9.17) is 0 Å². The van der Waals surface area contributed by atoms with Crippen LogP contribution in [0.3, 0.4) is 0 Å². The molecule has 0 unspecified atom stereocenters. The van der Waals surface area contributed by atoms with Crippen LogP contribution in [0.1, 0.15) is 22.8 Å². The molecule has 1 aromatic heterocycles. The molecule has 0 atom stereocenters. The van der Waals surface area contributed by atoms with E-state index < -0.39 is 12.1 Å². The maximum Gasteiger partial charge on any atom is 0.471 e. The van der Waals surface area contributed by atoms with Crippen molar-refractivity contribution in [2.45, 2.75) is 19.5 Å². The predicted octanol–water partition coefficient (Wildman–Crippen LogP) is 2.99. The SMILES string of the molecule is Cc1ccc(Cc2noc(C(F)(F)F)n2)cc1. The lowest BCUT2D eigenvalue weighted by molar-refractivity contribution is -0.159. The van der Waals surface area contributed by atoms with Crippen LogP contribution in [-0.2, 0) is 12.6 Å². The number of aryl methyl sites for hydroxylation is 1. The minimum Gasteiger partial charge on any atom is -0.329 e. The van der Waals surface area contributed by atoms with Crippen molar-refractivity contribution in [3.8, 4) is 0 Å². The zero-order valence-corrected chi connectivity index (χ0v) is 8.95. The van der Waals surface area contributed by atoms with Gasteiger partial charge in [-0.1, -0.05) is 35.0 Å². The molecule has 0 N–H and O–H groups in total. The van der Waals surface area contributed by atoms with Gasteiger partial charge in [-0.3, -0.25) is 0 Å². The molecule has 0 fully saturated rings. The Morgan fingerprint density at radius 1 is 1.18 bits per heavy atom. The Bertz CT molecular complexity index is 502. The summed E-state index contributed by atoms with van der Waals surface area (Å²) in [5.41, 5.74) is 1.92. The molecule has 1 heterocycles. The number of hydrogen-bond acceptors (Lipinski definition) is 3. The zero-order chi connectivity index (χ0) is 12.5. The van der Waals surface area contributed by atoms with Gasteiger partial charge in [0.25, 0.3) is 0 Å². The molecule has 0 aliphatic carbocycles. The number of hydrogen-bond donors (Lipinski definition) is 0. The van der Waals surface area contributed by atoms with Crippen LogP contribution in [0.15, 0.2) is 28.8 Å². The Morgan fingerprint density at radius 3 is 2.35 bits per heavy atom. The average molecular weight is 242 g/mol. The summed E-state index contributed by atoms with van der Waals surface area (Å²) in [5, 5.41) is 3.29. The van der Waals surface area contributed by atoms with E-state index in [1.807, 2.05) is 31.2 Å². The first-order valence-corrected chi connectivity index (χ1v) is 4.90. The minimum atomic E-state index is -4.58. The fourth-order valence-electron chi connectivity index (χ4n) is 1.33. The van der Waals surface area contributed by atoms with E-state index in [9.17, 15) is 13.2 Å². The Hall–Kier alpha value is -1.85. The first kappa shape index (κ1) is 11.6. The molecular formula is C11H9F3N2O. The van der Waals surface area contributed by atoms with Crippen LogP contribution in [0, 0.1) is 6.92 Å². The van der Waals surface area contributed by atoms with E-state index in [-0.39, 0.29) is 12.2 Å². The topological polar surface area (TPSA) is 38.9 Å². The first-order chi connectivity index (χ1) is 7.95. The Morgan fingerprint density at radius 2 is 1.82 bits per heavy atom. The molecule has 0 radical (unpaired) electrons. The van der Waals surface area contributed by atoms with E-state index in [1.54, 1.807) is 0 Å². The summed E-state index contributed by atoms with van der Waals surface area (Å²) in [7, 11) is 0.